The highest BCUT2D eigenvalue weighted by Crippen LogP contribution is 2.32. The third kappa shape index (κ3) is 3.62. The number of pyridine rings is 2. The number of aryl methyl sites for hydroxylation is 1. The highest BCUT2D eigenvalue weighted by atomic mass is 19.1. The van der Waals surface area contributed by atoms with E-state index < -0.39 is 5.91 Å². The lowest BCUT2D eigenvalue weighted by atomic mass is 9.98. The number of imidazole rings is 1. The van der Waals surface area contributed by atoms with Gasteiger partial charge in [0.25, 0.3) is 5.91 Å². The Bertz CT molecular complexity index is 1150. The fourth-order valence-corrected chi connectivity index (χ4v) is 3.00. The molecule has 4 aromatic rings. The summed E-state index contributed by atoms with van der Waals surface area (Å²) in [6, 6.07) is 13.9. The molecule has 1 aromatic carbocycles. The van der Waals surface area contributed by atoms with Crippen molar-refractivity contribution in [1.82, 2.24) is 14.4 Å². The third-order valence-corrected chi connectivity index (χ3v) is 4.21. The number of primary amides is 1. The molecule has 0 radical (unpaired) electrons. The average molecular weight is 376 g/mol. The minimum absolute atomic E-state index is 0.291. The van der Waals surface area contributed by atoms with Crippen LogP contribution in [0.3, 0.4) is 0 Å². The molecule has 0 aliphatic carbocycles. The van der Waals surface area contributed by atoms with Gasteiger partial charge >= 0.3 is 0 Å². The molecule has 6 heteroatoms. The molecule has 0 aliphatic rings. The van der Waals surface area contributed by atoms with Gasteiger partial charge in [-0.2, -0.15) is 0 Å². The van der Waals surface area contributed by atoms with E-state index in [0.29, 0.717) is 22.6 Å². The summed E-state index contributed by atoms with van der Waals surface area (Å²) < 4.78 is 15.6. The zero-order valence-electron chi connectivity index (χ0n) is 16.0. The van der Waals surface area contributed by atoms with Crippen LogP contribution in [0.4, 0.5) is 4.39 Å². The van der Waals surface area contributed by atoms with Gasteiger partial charge in [0, 0.05) is 17.5 Å². The fourth-order valence-electron chi connectivity index (χ4n) is 3.00. The van der Waals surface area contributed by atoms with Gasteiger partial charge in [0.15, 0.2) is 0 Å². The van der Waals surface area contributed by atoms with Crippen LogP contribution in [0.25, 0.3) is 28.0 Å². The van der Waals surface area contributed by atoms with Crippen molar-refractivity contribution in [3.63, 3.8) is 0 Å². The third-order valence-electron chi connectivity index (χ3n) is 4.21. The number of aromatic nitrogens is 3. The van der Waals surface area contributed by atoms with E-state index in [-0.39, 0.29) is 5.82 Å². The minimum atomic E-state index is -0.561. The number of nitrogens with zero attached hydrogens (tertiary/aromatic N) is 3. The first-order valence-corrected chi connectivity index (χ1v) is 9.04. The molecule has 1 amide bonds. The van der Waals surface area contributed by atoms with E-state index in [0.717, 1.165) is 16.8 Å². The minimum Gasteiger partial charge on any atom is -0.364 e. The van der Waals surface area contributed by atoms with Crippen LogP contribution in [0.1, 0.15) is 30.0 Å². The summed E-state index contributed by atoms with van der Waals surface area (Å²) in [5.74, 6) is -0.900. The number of amides is 1. The van der Waals surface area contributed by atoms with Gasteiger partial charge in [-0.3, -0.25) is 14.2 Å². The van der Waals surface area contributed by atoms with Crippen LogP contribution in [0, 0.1) is 12.7 Å². The lowest BCUT2D eigenvalue weighted by Crippen LogP contribution is -2.13. The largest absolute Gasteiger partial charge is 0.364 e. The zero-order valence-corrected chi connectivity index (χ0v) is 16.0. The number of fused-ring (bicyclic) bond motifs is 1. The van der Waals surface area contributed by atoms with Gasteiger partial charge in [-0.1, -0.05) is 26.0 Å². The summed E-state index contributed by atoms with van der Waals surface area (Å²) in [4.78, 5) is 20.3. The van der Waals surface area contributed by atoms with Crippen molar-refractivity contribution in [1.29, 1.82) is 0 Å². The van der Waals surface area contributed by atoms with E-state index in [1.54, 1.807) is 22.7 Å². The van der Waals surface area contributed by atoms with Crippen LogP contribution >= 0.6 is 0 Å². The Morgan fingerprint density at radius 2 is 1.86 bits per heavy atom. The molecule has 0 atom stereocenters. The Kier molecular flexibility index (Phi) is 5.49. The number of hydrogen-bond acceptors (Lipinski definition) is 3. The van der Waals surface area contributed by atoms with Crippen LogP contribution < -0.4 is 5.73 Å². The van der Waals surface area contributed by atoms with Gasteiger partial charge in [-0.05, 0) is 54.4 Å². The lowest BCUT2D eigenvalue weighted by Gasteiger charge is -2.11. The van der Waals surface area contributed by atoms with E-state index in [1.165, 1.54) is 18.3 Å². The molecule has 5 nitrogen and oxygen atoms in total. The summed E-state index contributed by atoms with van der Waals surface area (Å²) >= 11 is 0. The Hall–Kier alpha value is -3.54. The molecule has 0 saturated carbocycles. The second-order valence-corrected chi connectivity index (χ2v) is 6.01. The quantitative estimate of drug-likeness (QED) is 0.566. The van der Waals surface area contributed by atoms with Gasteiger partial charge in [-0.25, -0.2) is 9.37 Å². The summed E-state index contributed by atoms with van der Waals surface area (Å²) in [6.07, 6.45) is 3.21. The summed E-state index contributed by atoms with van der Waals surface area (Å²) in [7, 11) is 0. The van der Waals surface area contributed by atoms with Crippen molar-refractivity contribution in [3.05, 3.63) is 78.1 Å². The number of carbonyl (C=O) groups excluding carboxylic acids is 1. The molecule has 0 saturated heterocycles. The zero-order chi connectivity index (χ0) is 20.3. The number of halogens is 1. The van der Waals surface area contributed by atoms with Crippen molar-refractivity contribution >= 4 is 11.6 Å². The predicted molar refractivity (Wildman–Crippen MR) is 108 cm³/mol. The first-order chi connectivity index (χ1) is 13.5. The topological polar surface area (TPSA) is 73.3 Å². The molecule has 142 valence electrons. The van der Waals surface area contributed by atoms with E-state index in [2.05, 4.69) is 9.97 Å². The van der Waals surface area contributed by atoms with Crippen LogP contribution in [0.5, 0.6) is 0 Å². The number of nitrogens with two attached hydrogens (primary N) is 1. The number of carbonyl (C=O) groups is 1. The Labute approximate surface area is 162 Å². The maximum absolute atomic E-state index is 13.9. The maximum atomic E-state index is 13.9. The summed E-state index contributed by atoms with van der Waals surface area (Å²) in [5.41, 5.74) is 10.1. The van der Waals surface area contributed by atoms with Gasteiger partial charge < -0.3 is 5.73 Å². The molecule has 2 N–H and O–H groups in total. The molecule has 3 aromatic heterocycles. The average Bonchev–Trinajstić information content (AvgIpc) is 3.13. The molecule has 4 rings (SSSR count). The van der Waals surface area contributed by atoms with Crippen LogP contribution in [0.15, 0.2) is 60.9 Å². The molecule has 28 heavy (non-hydrogen) atoms. The highest BCUT2D eigenvalue weighted by Gasteiger charge is 2.13. The van der Waals surface area contributed by atoms with E-state index in [1.807, 2.05) is 45.0 Å². The van der Waals surface area contributed by atoms with Gasteiger partial charge in [0.1, 0.15) is 17.2 Å². The fraction of sp³-hybridized carbons (Fsp3) is 0.136. The van der Waals surface area contributed by atoms with Crippen LogP contribution in [-0.4, -0.2) is 20.3 Å². The highest BCUT2D eigenvalue weighted by molar-refractivity contribution is 5.92. The van der Waals surface area contributed by atoms with Gasteiger partial charge in [0.05, 0.1) is 11.9 Å². The Balaban J connectivity index is 0.00000109. The smallest absolute Gasteiger partial charge is 0.267 e. The Morgan fingerprint density at radius 1 is 1.07 bits per heavy atom. The number of rotatable bonds is 3. The second-order valence-electron chi connectivity index (χ2n) is 6.01. The predicted octanol–water partition coefficient (Wildman–Crippen LogP) is 4.64. The molecule has 0 fully saturated rings. The Morgan fingerprint density at radius 3 is 2.57 bits per heavy atom. The number of benzene rings is 1. The van der Waals surface area contributed by atoms with Crippen molar-refractivity contribution in [2.24, 2.45) is 5.73 Å². The van der Waals surface area contributed by atoms with Gasteiger partial charge in [-0.15, -0.1) is 0 Å². The summed E-state index contributed by atoms with van der Waals surface area (Å²) in [5, 5.41) is 0. The molecule has 0 spiro atoms. The lowest BCUT2D eigenvalue weighted by molar-refractivity contribution is 0.0995. The summed E-state index contributed by atoms with van der Waals surface area (Å²) in [6.45, 7) is 5.89. The SMILES string of the molecule is CC.Cc1cccc(-c2cc(F)ccc2-c2ccc3ncc(C(N)=O)n3c2)n1. The van der Waals surface area contributed by atoms with Crippen molar-refractivity contribution < 1.29 is 9.18 Å². The number of hydrogen-bond donors (Lipinski definition) is 1. The molecular formula is C22H21FN4O. The standard InChI is InChI=1S/C20H15FN4O.C2H6/c1-12-3-2-4-17(24-12)16-9-14(21)6-7-15(16)13-5-8-19-23-10-18(20(22)26)25(19)11-13;1-2/h2-11H,1H3,(H2,22,26);1-2H3. The van der Waals surface area contributed by atoms with Crippen molar-refractivity contribution in [2.45, 2.75) is 20.8 Å². The maximum Gasteiger partial charge on any atom is 0.267 e. The monoisotopic (exact) mass is 376 g/mol. The molecule has 0 bridgehead atoms. The molecule has 0 unspecified atom stereocenters. The first kappa shape index (κ1) is 19.2. The second kappa shape index (κ2) is 8.00. The van der Waals surface area contributed by atoms with E-state index in [9.17, 15) is 9.18 Å². The van der Waals surface area contributed by atoms with Crippen LogP contribution in [0.2, 0.25) is 0 Å². The van der Waals surface area contributed by atoms with Gasteiger partial charge in [0.2, 0.25) is 0 Å². The van der Waals surface area contributed by atoms with E-state index in [4.69, 9.17) is 5.73 Å². The molecule has 0 aliphatic heterocycles. The van der Waals surface area contributed by atoms with E-state index >= 15 is 0 Å². The van der Waals surface area contributed by atoms with Crippen molar-refractivity contribution in [2.75, 3.05) is 0 Å². The normalized spacial score (nSPS) is 10.4. The first-order valence-electron chi connectivity index (χ1n) is 9.04. The molecule has 3 heterocycles. The van der Waals surface area contributed by atoms with Crippen molar-refractivity contribution in [3.8, 4) is 22.4 Å². The van der Waals surface area contributed by atoms with Crippen LogP contribution in [-0.2, 0) is 0 Å². The molecular weight excluding hydrogens is 355 g/mol.